The molecular formula is C21H24ClN3O2. The number of rotatable bonds is 6. The molecule has 1 aliphatic rings. The van der Waals surface area contributed by atoms with Gasteiger partial charge in [0.1, 0.15) is 0 Å². The highest BCUT2D eigenvalue weighted by Gasteiger charge is 2.36. The van der Waals surface area contributed by atoms with Crippen molar-refractivity contribution in [2.75, 3.05) is 32.1 Å². The van der Waals surface area contributed by atoms with E-state index in [2.05, 4.69) is 5.32 Å². The molecule has 3 rings (SSSR count). The lowest BCUT2D eigenvalue weighted by Crippen LogP contribution is -2.39. The van der Waals surface area contributed by atoms with Crippen LogP contribution in [0.5, 0.6) is 0 Å². The second-order valence-electron chi connectivity index (χ2n) is 7.12. The standard InChI is InChI=1S/C21H24ClN3O2/c1-24(2)14-19(15-6-4-3-5-7-15)23-21(27)16-12-20(26)25(13-16)18-10-8-17(22)9-11-18/h3-11,16,19H,12-14H2,1-2H3,(H,23,27). The van der Waals surface area contributed by atoms with Gasteiger partial charge in [-0.3, -0.25) is 9.59 Å². The minimum Gasteiger partial charge on any atom is -0.348 e. The first-order chi connectivity index (χ1) is 12.9. The van der Waals surface area contributed by atoms with Crippen molar-refractivity contribution in [1.82, 2.24) is 10.2 Å². The first-order valence-corrected chi connectivity index (χ1v) is 9.38. The van der Waals surface area contributed by atoms with E-state index in [-0.39, 0.29) is 30.2 Å². The maximum atomic E-state index is 12.9. The van der Waals surface area contributed by atoms with E-state index in [4.69, 9.17) is 11.6 Å². The summed E-state index contributed by atoms with van der Waals surface area (Å²) in [6.07, 6.45) is 0.220. The van der Waals surface area contributed by atoms with Crippen LogP contribution in [0.3, 0.4) is 0 Å². The van der Waals surface area contributed by atoms with Crippen molar-refractivity contribution in [3.63, 3.8) is 0 Å². The first kappa shape index (κ1) is 19.4. The van der Waals surface area contributed by atoms with E-state index in [1.807, 2.05) is 49.3 Å². The summed E-state index contributed by atoms with van der Waals surface area (Å²) < 4.78 is 0. The van der Waals surface area contributed by atoms with Crippen LogP contribution in [0.15, 0.2) is 54.6 Å². The fraction of sp³-hybridized carbons (Fsp3) is 0.333. The summed E-state index contributed by atoms with van der Waals surface area (Å²) in [6.45, 7) is 1.08. The average molecular weight is 386 g/mol. The third kappa shape index (κ3) is 4.87. The number of hydrogen-bond donors (Lipinski definition) is 1. The van der Waals surface area contributed by atoms with E-state index in [1.54, 1.807) is 29.2 Å². The molecule has 1 heterocycles. The van der Waals surface area contributed by atoms with Gasteiger partial charge in [0.15, 0.2) is 0 Å². The molecule has 1 N–H and O–H groups in total. The number of halogens is 1. The van der Waals surface area contributed by atoms with Gasteiger partial charge in [-0.25, -0.2) is 0 Å². The molecule has 27 heavy (non-hydrogen) atoms. The molecule has 2 aromatic carbocycles. The number of benzene rings is 2. The smallest absolute Gasteiger partial charge is 0.227 e. The molecule has 5 nitrogen and oxygen atoms in total. The number of nitrogens with zero attached hydrogens (tertiary/aromatic N) is 2. The van der Waals surface area contributed by atoms with Gasteiger partial charge in [0.05, 0.1) is 12.0 Å². The Morgan fingerprint density at radius 2 is 1.85 bits per heavy atom. The van der Waals surface area contributed by atoms with Crippen LogP contribution < -0.4 is 10.2 Å². The average Bonchev–Trinajstić information content (AvgIpc) is 3.04. The van der Waals surface area contributed by atoms with E-state index >= 15 is 0 Å². The highest BCUT2D eigenvalue weighted by atomic mass is 35.5. The van der Waals surface area contributed by atoms with E-state index in [9.17, 15) is 9.59 Å². The molecule has 6 heteroatoms. The van der Waals surface area contributed by atoms with Crippen LogP contribution in [0.1, 0.15) is 18.0 Å². The number of nitrogens with one attached hydrogen (secondary N) is 1. The van der Waals surface area contributed by atoms with Crippen LogP contribution in [-0.2, 0) is 9.59 Å². The third-order valence-corrected chi connectivity index (χ3v) is 4.95. The maximum Gasteiger partial charge on any atom is 0.227 e. The second kappa shape index (κ2) is 8.55. The molecule has 2 aromatic rings. The Kier molecular flexibility index (Phi) is 6.14. The highest BCUT2D eigenvalue weighted by molar-refractivity contribution is 6.30. The van der Waals surface area contributed by atoms with Crippen molar-refractivity contribution in [1.29, 1.82) is 0 Å². The van der Waals surface area contributed by atoms with Crippen molar-refractivity contribution in [3.05, 3.63) is 65.2 Å². The van der Waals surface area contributed by atoms with Crippen molar-refractivity contribution >= 4 is 29.1 Å². The lowest BCUT2D eigenvalue weighted by molar-refractivity contribution is -0.127. The Hall–Kier alpha value is -2.37. The Balaban J connectivity index is 1.69. The number of carbonyl (C=O) groups excluding carboxylic acids is 2. The van der Waals surface area contributed by atoms with Crippen LogP contribution >= 0.6 is 11.6 Å². The molecule has 0 saturated carbocycles. The van der Waals surface area contributed by atoms with Crippen molar-refractivity contribution in [2.45, 2.75) is 12.5 Å². The van der Waals surface area contributed by atoms with Gasteiger partial charge in [-0.15, -0.1) is 0 Å². The lowest BCUT2D eigenvalue weighted by Gasteiger charge is -2.24. The van der Waals surface area contributed by atoms with E-state index in [1.165, 1.54) is 0 Å². The minimum absolute atomic E-state index is 0.0404. The summed E-state index contributed by atoms with van der Waals surface area (Å²) in [4.78, 5) is 29.0. The lowest BCUT2D eigenvalue weighted by atomic mass is 10.0. The molecule has 1 fully saturated rings. The van der Waals surface area contributed by atoms with E-state index < -0.39 is 0 Å². The Morgan fingerprint density at radius 3 is 2.48 bits per heavy atom. The van der Waals surface area contributed by atoms with Gasteiger partial charge in [0.2, 0.25) is 11.8 Å². The Morgan fingerprint density at radius 1 is 1.19 bits per heavy atom. The zero-order valence-electron chi connectivity index (χ0n) is 15.6. The van der Waals surface area contributed by atoms with E-state index in [0.717, 1.165) is 11.3 Å². The number of carbonyl (C=O) groups is 2. The summed E-state index contributed by atoms with van der Waals surface area (Å²) in [5.74, 6) is -0.488. The third-order valence-electron chi connectivity index (χ3n) is 4.70. The van der Waals surface area contributed by atoms with Gasteiger partial charge in [-0.2, -0.15) is 0 Å². The van der Waals surface area contributed by atoms with Gasteiger partial charge in [0.25, 0.3) is 0 Å². The highest BCUT2D eigenvalue weighted by Crippen LogP contribution is 2.27. The fourth-order valence-corrected chi connectivity index (χ4v) is 3.45. The summed E-state index contributed by atoms with van der Waals surface area (Å²) >= 11 is 5.92. The van der Waals surface area contributed by atoms with Crippen LogP contribution in [-0.4, -0.2) is 43.9 Å². The van der Waals surface area contributed by atoms with Crippen LogP contribution in [0.25, 0.3) is 0 Å². The molecule has 2 atom stereocenters. The summed E-state index contributed by atoms with van der Waals surface area (Å²) in [5.41, 5.74) is 1.83. The molecule has 0 aromatic heterocycles. The molecule has 0 aliphatic carbocycles. The van der Waals surface area contributed by atoms with Crippen molar-refractivity contribution in [3.8, 4) is 0 Å². The molecule has 0 radical (unpaired) electrons. The zero-order chi connectivity index (χ0) is 19.4. The minimum atomic E-state index is -0.360. The summed E-state index contributed by atoms with van der Waals surface area (Å²) in [5, 5.41) is 3.75. The molecule has 0 spiro atoms. The Bertz CT molecular complexity index is 793. The van der Waals surface area contributed by atoms with Gasteiger partial charge in [-0.1, -0.05) is 41.9 Å². The molecule has 1 aliphatic heterocycles. The van der Waals surface area contributed by atoms with Crippen molar-refractivity contribution in [2.24, 2.45) is 5.92 Å². The largest absolute Gasteiger partial charge is 0.348 e. The van der Waals surface area contributed by atoms with Crippen LogP contribution in [0.2, 0.25) is 5.02 Å². The van der Waals surface area contributed by atoms with E-state index in [0.29, 0.717) is 18.1 Å². The van der Waals surface area contributed by atoms with Crippen LogP contribution in [0.4, 0.5) is 5.69 Å². The monoisotopic (exact) mass is 385 g/mol. The predicted octanol–water partition coefficient (Wildman–Crippen LogP) is 3.11. The van der Waals surface area contributed by atoms with Gasteiger partial charge < -0.3 is 15.1 Å². The summed E-state index contributed by atoms with van der Waals surface area (Å²) in [7, 11) is 3.95. The second-order valence-corrected chi connectivity index (χ2v) is 7.55. The molecule has 0 bridgehead atoms. The molecule has 142 valence electrons. The molecule has 2 amide bonds. The number of hydrogen-bond acceptors (Lipinski definition) is 3. The fourth-order valence-electron chi connectivity index (χ4n) is 3.33. The number of likely N-dealkylation sites (N-methyl/N-ethyl adjacent to an activating group) is 1. The summed E-state index contributed by atoms with van der Waals surface area (Å²) in [6, 6.07) is 16.9. The predicted molar refractivity (Wildman–Crippen MR) is 108 cm³/mol. The quantitative estimate of drug-likeness (QED) is 0.831. The van der Waals surface area contributed by atoms with Gasteiger partial charge >= 0.3 is 0 Å². The number of amides is 2. The van der Waals surface area contributed by atoms with Gasteiger partial charge in [0, 0.05) is 30.2 Å². The zero-order valence-corrected chi connectivity index (χ0v) is 16.3. The Labute approximate surface area is 164 Å². The molecule has 2 unspecified atom stereocenters. The topological polar surface area (TPSA) is 52.7 Å². The SMILES string of the molecule is CN(C)CC(NC(=O)C1CC(=O)N(c2ccc(Cl)cc2)C1)c1ccccc1. The van der Waals surface area contributed by atoms with Gasteiger partial charge in [-0.05, 0) is 43.9 Å². The van der Waals surface area contributed by atoms with Crippen molar-refractivity contribution < 1.29 is 9.59 Å². The molecule has 1 saturated heterocycles. The maximum absolute atomic E-state index is 12.9. The number of anilines is 1. The van der Waals surface area contributed by atoms with Crippen LogP contribution in [0, 0.1) is 5.92 Å². The first-order valence-electron chi connectivity index (χ1n) is 9.00. The normalized spacial score (nSPS) is 18.0. The molecular weight excluding hydrogens is 362 g/mol.